The van der Waals surface area contributed by atoms with Gasteiger partial charge in [0.15, 0.2) is 5.60 Å². The summed E-state index contributed by atoms with van der Waals surface area (Å²) in [5.74, 6) is -0.233. The maximum atomic E-state index is 12.6. The van der Waals surface area contributed by atoms with Gasteiger partial charge in [-0.15, -0.1) is 0 Å². The van der Waals surface area contributed by atoms with Gasteiger partial charge in [-0.1, -0.05) is 20.8 Å². The van der Waals surface area contributed by atoms with Crippen LogP contribution < -0.4 is 16.6 Å². The van der Waals surface area contributed by atoms with E-state index >= 15 is 0 Å². The Hall–Kier alpha value is -1.93. The summed E-state index contributed by atoms with van der Waals surface area (Å²) in [6.07, 6.45) is 2.97. The molecule has 0 spiro atoms. The molecule has 8 heteroatoms. The number of aliphatic hydroxyl groups is 1. The Morgan fingerprint density at radius 2 is 2.04 bits per heavy atom. The van der Waals surface area contributed by atoms with E-state index in [2.05, 4.69) is 36.1 Å². The van der Waals surface area contributed by atoms with Gasteiger partial charge in [-0.2, -0.15) is 0 Å². The van der Waals surface area contributed by atoms with Crippen LogP contribution in [0.25, 0.3) is 0 Å². The van der Waals surface area contributed by atoms with Crippen molar-refractivity contribution < 1.29 is 9.90 Å². The average Bonchev–Trinajstić information content (AvgIpc) is 2.49. The van der Waals surface area contributed by atoms with Crippen LogP contribution in [0.3, 0.4) is 0 Å². The van der Waals surface area contributed by atoms with Crippen molar-refractivity contribution in [1.82, 2.24) is 20.2 Å². The fourth-order valence-corrected chi connectivity index (χ4v) is 3.09. The van der Waals surface area contributed by atoms with Crippen molar-refractivity contribution in [1.29, 1.82) is 0 Å². The van der Waals surface area contributed by atoms with Crippen molar-refractivity contribution in [2.24, 2.45) is 5.41 Å². The topological polar surface area (TPSA) is 118 Å². The van der Waals surface area contributed by atoms with Gasteiger partial charge in [0.1, 0.15) is 0 Å². The Balaban J connectivity index is 1.89. The molecule has 2 heterocycles. The van der Waals surface area contributed by atoms with Crippen LogP contribution in [0.4, 0.5) is 0 Å². The van der Waals surface area contributed by atoms with Gasteiger partial charge in [0.05, 0.1) is 0 Å². The zero-order chi connectivity index (χ0) is 18.7. The summed E-state index contributed by atoms with van der Waals surface area (Å²) >= 11 is 0. The third-order valence-corrected chi connectivity index (χ3v) is 4.25. The molecule has 1 unspecified atom stereocenters. The van der Waals surface area contributed by atoms with Crippen LogP contribution in [-0.4, -0.2) is 57.7 Å². The summed E-state index contributed by atoms with van der Waals surface area (Å²) in [5, 5.41) is 13.8. The Morgan fingerprint density at radius 1 is 1.32 bits per heavy atom. The van der Waals surface area contributed by atoms with E-state index < -0.39 is 16.9 Å². The summed E-state index contributed by atoms with van der Waals surface area (Å²) in [5.41, 5.74) is -1.94. The molecule has 25 heavy (non-hydrogen) atoms. The first-order chi connectivity index (χ1) is 11.6. The van der Waals surface area contributed by atoms with Gasteiger partial charge >= 0.3 is 5.69 Å². The van der Waals surface area contributed by atoms with Gasteiger partial charge in [-0.3, -0.25) is 14.6 Å². The predicted molar refractivity (Wildman–Crippen MR) is 94.5 cm³/mol. The lowest BCUT2D eigenvalue weighted by Crippen LogP contribution is -2.59. The van der Waals surface area contributed by atoms with Gasteiger partial charge in [-0.05, 0) is 31.2 Å². The third-order valence-electron chi connectivity index (χ3n) is 4.25. The molecule has 8 nitrogen and oxygen atoms in total. The molecule has 0 saturated carbocycles. The van der Waals surface area contributed by atoms with Gasteiger partial charge < -0.3 is 20.3 Å². The number of piperidine rings is 1. The average molecular weight is 352 g/mol. The SMILES string of the molecule is CC(C)(C)CN1CCCC(O)(CNCCc2c[nH]c(=O)[nH]c2=O)C1=O. The second kappa shape index (κ2) is 7.53. The lowest BCUT2D eigenvalue weighted by molar-refractivity contribution is -0.158. The second-order valence-electron chi connectivity index (χ2n) is 7.95. The number of H-pyrrole nitrogens is 2. The number of nitrogens with zero attached hydrogens (tertiary/aromatic N) is 1. The summed E-state index contributed by atoms with van der Waals surface area (Å²) < 4.78 is 0. The molecule has 1 fully saturated rings. The predicted octanol–water partition coefficient (Wildman–Crippen LogP) is -0.405. The standard InChI is InChI=1S/C17H28N4O4/c1-16(2,3)11-21-8-4-6-17(25,14(21)23)10-18-7-5-12-9-19-15(24)20-13(12)22/h9,18,25H,4-8,10-11H2,1-3H3,(H2,19,20,22,24). The highest BCUT2D eigenvalue weighted by Gasteiger charge is 2.42. The lowest BCUT2D eigenvalue weighted by Gasteiger charge is -2.41. The fourth-order valence-electron chi connectivity index (χ4n) is 3.09. The van der Waals surface area contributed by atoms with Crippen molar-refractivity contribution in [2.75, 3.05) is 26.2 Å². The first kappa shape index (κ1) is 19.4. The molecule has 1 amide bonds. The molecular formula is C17H28N4O4. The van der Waals surface area contributed by atoms with Crippen LogP contribution in [0.1, 0.15) is 39.2 Å². The van der Waals surface area contributed by atoms with E-state index in [-0.39, 0.29) is 17.9 Å². The van der Waals surface area contributed by atoms with Crippen LogP contribution in [0, 0.1) is 5.41 Å². The number of amides is 1. The molecule has 1 aromatic heterocycles. The van der Waals surface area contributed by atoms with E-state index in [9.17, 15) is 19.5 Å². The third kappa shape index (κ3) is 5.27. The second-order valence-corrected chi connectivity index (χ2v) is 7.95. The molecule has 1 aliphatic heterocycles. The number of likely N-dealkylation sites (tertiary alicyclic amines) is 1. The Labute approximate surface area is 146 Å². The largest absolute Gasteiger partial charge is 0.379 e. The van der Waals surface area contributed by atoms with E-state index in [4.69, 9.17) is 0 Å². The van der Waals surface area contributed by atoms with Crippen molar-refractivity contribution in [3.63, 3.8) is 0 Å². The zero-order valence-electron chi connectivity index (χ0n) is 15.1. The molecule has 1 saturated heterocycles. The number of hydrogen-bond donors (Lipinski definition) is 4. The van der Waals surface area contributed by atoms with E-state index in [0.717, 1.165) is 6.42 Å². The first-order valence-electron chi connectivity index (χ1n) is 8.64. The van der Waals surface area contributed by atoms with Crippen molar-refractivity contribution in [2.45, 2.75) is 45.6 Å². The maximum absolute atomic E-state index is 12.6. The van der Waals surface area contributed by atoms with Crippen molar-refractivity contribution in [3.8, 4) is 0 Å². The lowest BCUT2D eigenvalue weighted by atomic mass is 9.88. The number of nitrogens with one attached hydrogen (secondary N) is 3. The minimum absolute atomic E-state index is 0.0212. The fraction of sp³-hybridized carbons (Fsp3) is 0.706. The quantitative estimate of drug-likeness (QED) is 0.519. The molecule has 0 aliphatic carbocycles. The molecule has 1 atom stereocenters. The van der Waals surface area contributed by atoms with Gasteiger partial charge in [-0.25, -0.2) is 4.79 Å². The number of hydrogen-bond acceptors (Lipinski definition) is 5. The van der Waals surface area contributed by atoms with Crippen molar-refractivity contribution >= 4 is 5.91 Å². The van der Waals surface area contributed by atoms with E-state index in [1.54, 1.807) is 4.90 Å². The highest BCUT2D eigenvalue weighted by atomic mass is 16.3. The minimum Gasteiger partial charge on any atom is -0.379 e. The number of aromatic amines is 2. The molecule has 2 rings (SSSR count). The highest BCUT2D eigenvalue weighted by Crippen LogP contribution is 2.25. The highest BCUT2D eigenvalue weighted by molar-refractivity contribution is 5.86. The first-order valence-corrected chi connectivity index (χ1v) is 8.64. The van der Waals surface area contributed by atoms with Crippen LogP contribution in [-0.2, 0) is 11.2 Å². The number of aromatic nitrogens is 2. The molecule has 1 aliphatic rings. The molecule has 140 valence electrons. The normalized spacial score (nSPS) is 21.6. The number of rotatable bonds is 6. The monoisotopic (exact) mass is 352 g/mol. The van der Waals surface area contributed by atoms with Crippen LogP contribution in [0.5, 0.6) is 0 Å². The van der Waals surface area contributed by atoms with Crippen molar-refractivity contribution in [3.05, 3.63) is 32.6 Å². The summed E-state index contributed by atoms with van der Waals surface area (Å²) in [6, 6.07) is 0. The van der Waals surface area contributed by atoms with E-state index in [0.29, 0.717) is 38.0 Å². The minimum atomic E-state index is -1.40. The van der Waals surface area contributed by atoms with E-state index in [1.165, 1.54) is 6.20 Å². The van der Waals surface area contributed by atoms with E-state index in [1.807, 2.05) is 0 Å². The van der Waals surface area contributed by atoms with Gasteiger partial charge in [0, 0.05) is 31.4 Å². The maximum Gasteiger partial charge on any atom is 0.325 e. The summed E-state index contributed by atoms with van der Waals surface area (Å²) in [6.45, 7) is 8.04. The number of carbonyl (C=O) groups is 1. The zero-order valence-corrected chi connectivity index (χ0v) is 15.1. The van der Waals surface area contributed by atoms with Gasteiger partial charge in [0.2, 0.25) is 0 Å². The Kier molecular flexibility index (Phi) is 5.84. The summed E-state index contributed by atoms with van der Waals surface area (Å²) in [4.78, 5) is 41.5. The van der Waals surface area contributed by atoms with Crippen LogP contribution in [0.2, 0.25) is 0 Å². The van der Waals surface area contributed by atoms with Gasteiger partial charge in [0.25, 0.3) is 11.5 Å². The Morgan fingerprint density at radius 3 is 2.68 bits per heavy atom. The molecule has 0 radical (unpaired) electrons. The smallest absolute Gasteiger partial charge is 0.325 e. The Bertz CT molecular complexity index is 718. The number of carbonyl (C=O) groups excluding carboxylic acids is 1. The van der Waals surface area contributed by atoms with Crippen LogP contribution in [0.15, 0.2) is 15.8 Å². The molecular weight excluding hydrogens is 324 g/mol. The molecule has 0 bridgehead atoms. The van der Waals surface area contributed by atoms with Crippen LogP contribution >= 0.6 is 0 Å². The molecule has 0 aromatic carbocycles. The molecule has 1 aromatic rings. The molecule has 4 N–H and O–H groups in total. The summed E-state index contributed by atoms with van der Waals surface area (Å²) in [7, 11) is 0.